The Morgan fingerprint density at radius 2 is 1.74 bits per heavy atom. The van der Waals surface area contributed by atoms with Gasteiger partial charge in [-0.1, -0.05) is 29.3 Å². The summed E-state index contributed by atoms with van der Waals surface area (Å²) in [5.74, 6) is -0.248. The van der Waals surface area contributed by atoms with Crippen molar-refractivity contribution in [2.75, 3.05) is 18.6 Å². The van der Waals surface area contributed by atoms with E-state index in [0.717, 1.165) is 10.5 Å². The second-order valence-electron chi connectivity index (χ2n) is 7.94. The highest BCUT2D eigenvalue weighted by atomic mass is 79.9. The van der Waals surface area contributed by atoms with Gasteiger partial charge in [-0.15, -0.1) is 0 Å². The van der Waals surface area contributed by atoms with Crippen molar-refractivity contribution in [3.63, 3.8) is 0 Å². The van der Waals surface area contributed by atoms with Crippen molar-refractivity contribution < 1.29 is 28.6 Å². The van der Waals surface area contributed by atoms with Crippen LogP contribution < -0.4 is 24.4 Å². The molecule has 0 spiro atoms. The van der Waals surface area contributed by atoms with Gasteiger partial charge in [-0.3, -0.25) is 14.9 Å². The number of barbiturate groups is 1. The number of hydrogen-bond acceptors (Lipinski definition) is 6. The van der Waals surface area contributed by atoms with Gasteiger partial charge in [0, 0.05) is 15.6 Å². The Hall–Kier alpha value is -3.53. The van der Waals surface area contributed by atoms with E-state index in [9.17, 15) is 14.4 Å². The van der Waals surface area contributed by atoms with Crippen LogP contribution in [0.15, 0.2) is 64.6 Å². The summed E-state index contributed by atoms with van der Waals surface area (Å²) in [4.78, 5) is 39.2. The molecule has 0 unspecified atom stereocenters. The SMILES string of the molecule is CCOc1ccc(N2C(=O)NC(=O)/C(=C/c3cc(Br)c(OCc4ccc(Cl)cc4Cl)c(OC)c3)C2=O)cc1. The molecule has 1 aliphatic rings. The van der Waals surface area contributed by atoms with Gasteiger partial charge in [0.1, 0.15) is 17.9 Å². The first-order chi connectivity index (χ1) is 18.2. The minimum atomic E-state index is -0.843. The molecule has 0 saturated carbocycles. The summed E-state index contributed by atoms with van der Waals surface area (Å²) >= 11 is 15.7. The number of ether oxygens (including phenoxy) is 3. The maximum absolute atomic E-state index is 13.2. The first-order valence-electron chi connectivity index (χ1n) is 11.3. The fraction of sp³-hybridized carbons (Fsp3) is 0.148. The van der Waals surface area contributed by atoms with Crippen LogP contribution in [0.5, 0.6) is 17.2 Å². The van der Waals surface area contributed by atoms with Crippen molar-refractivity contribution in [3.05, 3.63) is 85.8 Å². The zero-order chi connectivity index (χ0) is 27.4. The van der Waals surface area contributed by atoms with Gasteiger partial charge < -0.3 is 14.2 Å². The summed E-state index contributed by atoms with van der Waals surface area (Å²) < 4.78 is 17.3. The van der Waals surface area contributed by atoms with E-state index in [1.54, 1.807) is 54.6 Å². The lowest BCUT2D eigenvalue weighted by Crippen LogP contribution is -2.54. The van der Waals surface area contributed by atoms with Crippen LogP contribution in [0.2, 0.25) is 10.0 Å². The molecule has 0 radical (unpaired) electrons. The molecule has 8 nitrogen and oxygen atoms in total. The molecular weight excluding hydrogens is 599 g/mol. The normalized spacial score (nSPS) is 14.5. The summed E-state index contributed by atoms with van der Waals surface area (Å²) in [6.45, 7) is 2.46. The van der Waals surface area contributed by atoms with Gasteiger partial charge in [0.15, 0.2) is 11.5 Å². The minimum Gasteiger partial charge on any atom is -0.494 e. The van der Waals surface area contributed by atoms with Gasteiger partial charge in [-0.25, -0.2) is 9.69 Å². The highest BCUT2D eigenvalue weighted by Gasteiger charge is 2.37. The van der Waals surface area contributed by atoms with Crippen LogP contribution in [0, 0.1) is 0 Å². The molecule has 1 fully saturated rings. The third kappa shape index (κ3) is 5.96. The fourth-order valence-electron chi connectivity index (χ4n) is 3.67. The first-order valence-corrected chi connectivity index (χ1v) is 12.8. The summed E-state index contributed by atoms with van der Waals surface area (Å²) in [5.41, 5.74) is 1.25. The zero-order valence-corrected chi connectivity index (χ0v) is 23.3. The van der Waals surface area contributed by atoms with E-state index in [4.69, 9.17) is 37.4 Å². The van der Waals surface area contributed by atoms with Crippen LogP contribution in [0.4, 0.5) is 10.5 Å². The molecule has 4 rings (SSSR count). The molecule has 196 valence electrons. The average Bonchev–Trinajstić information content (AvgIpc) is 2.87. The maximum atomic E-state index is 13.2. The number of methoxy groups -OCH3 is 1. The molecule has 3 aromatic carbocycles. The molecule has 0 atom stereocenters. The Morgan fingerprint density at radius 3 is 2.39 bits per heavy atom. The predicted molar refractivity (Wildman–Crippen MR) is 148 cm³/mol. The van der Waals surface area contributed by atoms with Crippen LogP contribution in [-0.2, 0) is 16.2 Å². The highest BCUT2D eigenvalue weighted by molar-refractivity contribution is 9.10. The first kappa shape index (κ1) is 27.5. The second-order valence-corrected chi connectivity index (χ2v) is 9.64. The van der Waals surface area contributed by atoms with E-state index in [0.29, 0.717) is 43.9 Å². The van der Waals surface area contributed by atoms with Crippen LogP contribution in [0.3, 0.4) is 0 Å². The number of urea groups is 1. The molecule has 1 N–H and O–H groups in total. The smallest absolute Gasteiger partial charge is 0.335 e. The number of amides is 4. The second kappa shape index (κ2) is 11.9. The quantitative estimate of drug-likeness (QED) is 0.231. The highest BCUT2D eigenvalue weighted by Crippen LogP contribution is 2.38. The summed E-state index contributed by atoms with van der Waals surface area (Å²) in [7, 11) is 1.46. The summed E-state index contributed by atoms with van der Waals surface area (Å²) in [6, 6.07) is 13.9. The summed E-state index contributed by atoms with van der Waals surface area (Å²) in [5, 5.41) is 3.18. The van der Waals surface area contributed by atoms with E-state index in [2.05, 4.69) is 21.2 Å². The average molecular weight is 620 g/mol. The lowest BCUT2D eigenvalue weighted by atomic mass is 10.1. The molecule has 1 saturated heterocycles. The lowest BCUT2D eigenvalue weighted by Gasteiger charge is -2.26. The number of carbonyl (C=O) groups is 3. The predicted octanol–water partition coefficient (Wildman–Crippen LogP) is 6.41. The van der Waals surface area contributed by atoms with Gasteiger partial charge in [-0.2, -0.15) is 0 Å². The molecule has 1 heterocycles. The van der Waals surface area contributed by atoms with Crippen molar-refractivity contribution in [1.82, 2.24) is 5.32 Å². The van der Waals surface area contributed by atoms with Crippen molar-refractivity contribution >= 4 is 68.7 Å². The largest absolute Gasteiger partial charge is 0.494 e. The number of nitrogens with zero attached hydrogens (tertiary/aromatic N) is 1. The number of imide groups is 2. The number of nitrogens with one attached hydrogen (secondary N) is 1. The van der Waals surface area contributed by atoms with E-state index >= 15 is 0 Å². The Bertz CT molecular complexity index is 1440. The molecule has 11 heteroatoms. The van der Waals surface area contributed by atoms with Gasteiger partial charge in [0.05, 0.1) is 23.9 Å². The van der Waals surface area contributed by atoms with E-state index < -0.39 is 17.8 Å². The molecule has 4 amide bonds. The topological polar surface area (TPSA) is 94.2 Å². The Morgan fingerprint density at radius 1 is 1.00 bits per heavy atom. The zero-order valence-electron chi connectivity index (χ0n) is 20.2. The molecule has 0 bridgehead atoms. The summed E-state index contributed by atoms with van der Waals surface area (Å²) in [6.07, 6.45) is 1.37. The number of carbonyl (C=O) groups excluding carboxylic acids is 3. The van der Waals surface area contributed by atoms with Crippen molar-refractivity contribution in [2.45, 2.75) is 13.5 Å². The number of rotatable bonds is 8. The third-order valence-corrected chi connectivity index (χ3v) is 6.63. The van der Waals surface area contributed by atoms with Gasteiger partial charge in [0.2, 0.25) is 0 Å². The van der Waals surface area contributed by atoms with Gasteiger partial charge in [0.25, 0.3) is 11.8 Å². The van der Waals surface area contributed by atoms with Crippen molar-refractivity contribution in [1.29, 1.82) is 0 Å². The third-order valence-electron chi connectivity index (χ3n) is 5.46. The number of halogens is 3. The van der Waals surface area contributed by atoms with Gasteiger partial charge >= 0.3 is 6.03 Å². The van der Waals surface area contributed by atoms with Gasteiger partial charge in [-0.05, 0) is 83.0 Å². The number of anilines is 1. The number of hydrogen-bond donors (Lipinski definition) is 1. The van der Waals surface area contributed by atoms with Crippen LogP contribution >= 0.6 is 39.1 Å². The molecule has 0 aromatic heterocycles. The molecule has 1 aliphatic heterocycles. The lowest BCUT2D eigenvalue weighted by molar-refractivity contribution is -0.122. The van der Waals surface area contributed by atoms with E-state index in [1.807, 2.05) is 6.92 Å². The molecule has 38 heavy (non-hydrogen) atoms. The molecule has 0 aliphatic carbocycles. The van der Waals surface area contributed by atoms with Crippen LogP contribution in [0.25, 0.3) is 6.08 Å². The van der Waals surface area contributed by atoms with Crippen molar-refractivity contribution in [2.24, 2.45) is 0 Å². The van der Waals surface area contributed by atoms with E-state index in [-0.39, 0.29) is 17.9 Å². The molecular formula is C27H21BrCl2N2O6. The Kier molecular flexibility index (Phi) is 8.61. The Balaban J connectivity index is 1.61. The monoisotopic (exact) mass is 618 g/mol. The Labute approximate surface area is 237 Å². The fourth-order valence-corrected chi connectivity index (χ4v) is 4.71. The maximum Gasteiger partial charge on any atom is 0.335 e. The van der Waals surface area contributed by atoms with Crippen LogP contribution in [-0.4, -0.2) is 31.6 Å². The van der Waals surface area contributed by atoms with E-state index in [1.165, 1.54) is 13.2 Å². The van der Waals surface area contributed by atoms with Crippen molar-refractivity contribution in [3.8, 4) is 17.2 Å². The minimum absolute atomic E-state index is 0.144. The molecule has 3 aromatic rings. The number of benzene rings is 3. The standard InChI is InChI=1S/C27H21BrCl2N2O6/c1-3-37-19-8-6-18(7-9-19)32-26(34)20(25(33)31-27(32)35)10-15-11-21(28)24(23(12-15)36-2)38-14-16-4-5-17(29)13-22(16)30/h4-13H,3,14H2,1-2H3,(H,31,33,35)/b20-10-. The van der Waals surface area contributed by atoms with Crippen LogP contribution in [0.1, 0.15) is 18.1 Å².